The van der Waals surface area contributed by atoms with Crippen molar-refractivity contribution in [1.29, 1.82) is 0 Å². The predicted molar refractivity (Wildman–Crippen MR) is 123 cm³/mol. The van der Waals surface area contributed by atoms with E-state index < -0.39 is 10.0 Å². The van der Waals surface area contributed by atoms with E-state index in [1.54, 1.807) is 25.3 Å². The first kappa shape index (κ1) is 24.2. The number of sulfonamides is 1. The van der Waals surface area contributed by atoms with Gasteiger partial charge in [-0.2, -0.15) is 4.31 Å². The lowest BCUT2D eigenvalue weighted by Crippen LogP contribution is -2.40. The number of morpholine rings is 1. The van der Waals surface area contributed by atoms with Gasteiger partial charge in [-0.05, 0) is 54.7 Å². The lowest BCUT2D eigenvalue weighted by atomic mass is 9.99. The minimum absolute atomic E-state index is 0.0568. The number of benzene rings is 2. The molecule has 1 N–H and O–H groups in total. The Balaban J connectivity index is 1.71. The van der Waals surface area contributed by atoms with Crippen LogP contribution in [0.15, 0.2) is 47.4 Å². The molecule has 0 aromatic heterocycles. The molecule has 0 saturated carbocycles. The van der Waals surface area contributed by atoms with Crippen LogP contribution in [-0.2, 0) is 26.0 Å². The highest BCUT2D eigenvalue weighted by Gasteiger charge is 2.27. The van der Waals surface area contributed by atoms with Gasteiger partial charge in [0.2, 0.25) is 15.9 Å². The van der Waals surface area contributed by atoms with Gasteiger partial charge in [0.1, 0.15) is 5.75 Å². The van der Waals surface area contributed by atoms with Crippen LogP contribution in [0.5, 0.6) is 5.75 Å². The van der Waals surface area contributed by atoms with Crippen molar-refractivity contribution in [3.05, 3.63) is 59.2 Å². The second kappa shape index (κ2) is 10.9. The van der Waals surface area contributed by atoms with Crippen molar-refractivity contribution < 1.29 is 22.7 Å². The molecule has 7 nitrogen and oxygen atoms in total. The van der Waals surface area contributed by atoms with Gasteiger partial charge in [0.15, 0.2) is 0 Å². The van der Waals surface area contributed by atoms with Gasteiger partial charge in [0.05, 0.1) is 31.3 Å². The molecule has 1 aliphatic rings. The van der Waals surface area contributed by atoms with Crippen molar-refractivity contribution in [2.45, 2.75) is 44.0 Å². The summed E-state index contributed by atoms with van der Waals surface area (Å²) in [6.45, 7) is 5.53. The highest BCUT2D eigenvalue weighted by Crippen LogP contribution is 2.26. The average molecular weight is 461 g/mol. The number of aryl methyl sites for hydroxylation is 2. The molecule has 1 atom stereocenters. The number of carbonyl (C=O) groups is 1. The monoisotopic (exact) mass is 460 g/mol. The van der Waals surface area contributed by atoms with Gasteiger partial charge in [-0.15, -0.1) is 0 Å². The molecule has 2 aromatic carbocycles. The van der Waals surface area contributed by atoms with Gasteiger partial charge < -0.3 is 14.8 Å². The van der Waals surface area contributed by atoms with Gasteiger partial charge in [0, 0.05) is 19.5 Å². The van der Waals surface area contributed by atoms with Crippen molar-refractivity contribution in [2.75, 3.05) is 33.4 Å². The first-order chi connectivity index (χ1) is 15.4. The SMILES string of the molecule is CCC(NC(=O)CCc1cc(S(=O)(=O)N2CCOCC2)ccc1OC)c1ccccc1C. The Bertz CT molecular complexity index is 1030. The van der Waals surface area contributed by atoms with E-state index in [4.69, 9.17) is 9.47 Å². The average Bonchev–Trinajstić information content (AvgIpc) is 2.82. The lowest BCUT2D eigenvalue weighted by Gasteiger charge is -2.26. The Hall–Kier alpha value is -2.42. The van der Waals surface area contributed by atoms with E-state index in [0.29, 0.717) is 44.0 Å². The first-order valence-electron chi connectivity index (χ1n) is 11.0. The Labute approximate surface area is 190 Å². The van der Waals surface area contributed by atoms with Crippen LogP contribution in [0.2, 0.25) is 0 Å². The van der Waals surface area contributed by atoms with Crippen molar-refractivity contribution in [3.63, 3.8) is 0 Å². The van der Waals surface area contributed by atoms with Gasteiger partial charge in [-0.25, -0.2) is 8.42 Å². The Morgan fingerprint density at radius 1 is 1.19 bits per heavy atom. The van der Waals surface area contributed by atoms with Crippen LogP contribution in [0.25, 0.3) is 0 Å². The molecule has 0 spiro atoms. The molecule has 1 unspecified atom stereocenters. The Morgan fingerprint density at radius 2 is 1.91 bits per heavy atom. The molecule has 2 aromatic rings. The van der Waals surface area contributed by atoms with Gasteiger partial charge in [-0.1, -0.05) is 31.2 Å². The van der Waals surface area contributed by atoms with Crippen LogP contribution in [-0.4, -0.2) is 52.0 Å². The van der Waals surface area contributed by atoms with E-state index in [9.17, 15) is 13.2 Å². The topological polar surface area (TPSA) is 84.9 Å². The Morgan fingerprint density at radius 3 is 2.56 bits per heavy atom. The maximum atomic E-state index is 13.0. The third-order valence-electron chi connectivity index (χ3n) is 5.79. The second-order valence-electron chi connectivity index (χ2n) is 7.88. The minimum atomic E-state index is -3.61. The number of amides is 1. The number of ether oxygens (including phenoxy) is 2. The number of nitrogens with one attached hydrogen (secondary N) is 1. The molecule has 1 saturated heterocycles. The van der Waals surface area contributed by atoms with E-state index in [1.165, 1.54) is 4.31 Å². The summed E-state index contributed by atoms with van der Waals surface area (Å²) in [6.07, 6.45) is 1.40. The lowest BCUT2D eigenvalue weighted by molar-refractivity contribution is -0.121. The highest BCUT2D eigenvalue weighted by atomic mass is 32.2. The molecule has 3 rings (SSSR count). The van der Waals surface area contributed by atoms with Crippen LogP contribution in [0.4, 0.5) is 0 Å². The summed E-state index contributed by atoms with van der Waals surface area (Å²) in [4.78, 5) is 12.9. The molecule has 32 heavy (non-hydrogen) atoms. The summed E-state index contributed by atoms with van der Waals surface area (Å²) < 4.78 is 38.1. The molecule has 0 radical (unpaired) electrons. The Kier molecular flexibility index (Phi) is 8.28. The molecule has 1 aliphatic heterocycles. The van der Waals surface area contributed by atoms with Crippen molar-refractivity contribution in [2.24, 2.45) is 0 Å². The normalized spacial score (nSPS) is 15.8. The summed E-state index contributed by atoms with van der Waals surface area (Å²) in [5.74, 6) is 0.494. The number of rotatable bonds is 9. The van der Waals surface area contributed by atoms with E-state index in [2.05, 4.69) is 5.32 Å². The molecule has 174 valence electrons. The summed E-state index contributed by atoms with van der Waals surface area (Å²) in [5.41, 5.74) is 2.95. The number of nitrogens with zero attached hydrogens (tertiary/aromatic N) is 1. The standard InChI is InChI=1S/C24H32N2O5S/c1-4-22(21-8-6-5-7-18(21)2)25-24(27)12-9-19-17-20(10-11-23(19)30-3)32(28,29)26-13-15-31-16-14-26/h5-8,10-11,17,22H,4,9,12-16H2,1-3H3,(H,25,27). The van der Waals surface area contributed by atoms with Gasteiger partial charge in [0.25, 0.3) is 0 Å². The number of hydrogen-bond acceptors (Lipinski definition) is 5. The van der Waals surface area contributed by atoms with Crippen LogP contribution >= 0.6 is 0 Å². The van der Waals surface area contributed by atoms with E-state index >= 15 is 0 Å². The molecule has 0 bridgehead atoms. The third kappa shape index (κ3) is 5.68. The largest absolute Gasteiger partial charge is 0.496 e. The third-order valence-corrected chi connectivity index (χ3v) is 7.68. The van der Waals surface area contributed by atoms with Crippen LogP contribution in [0, 0.1) is 6.92 Å². The quantitative estimate of drug-likeness (QED) is 0.621. The maximum Gasteiger partial charge on any atom is 0.243 e. The van der Waals surface area contributed by atoms with Gasteiger partial charge >= 0.3 is 0 Å². The van der Waals surface area contributed by atoms with Gasteiger partial charge in [-0.3, -0.25) is 4.79 Å². The summed E-state index contributed by atoms with van der Waals surface area (Å²) >= 11 is 0. The van der Waals surface area contributed by atoms with E-state index in [0.717, 1.165) is 17.5 Å². The zero-order valence-electron chi connectivity index (χ0n) is 19.0. The van der Waals surface area contributed by atoms with Crippen LogP contribution < -0.4 is 10.1 Å². The molecule has 8 heteroatoms. The second-order valence-corrected chi connectivity index (χ2v) is 9.81. The molecule has 1 fully saturated rings. The summed E-state index contributed by atoms with van der Waals surface area (Å²) in [5, 5.41) is 3.11. The summed E-state index contributed by atoms with van der Waals surface area (Å²) in [7, 11) is -2.07. The molecule has 0 aliphatic carbocycles. The van der Waals surface area contributed by atoms with Crippen molar-refractivity contribution >= 4 is 15.9 Å². The first-order valence-corrected chi connectivity index (χ1v) is 12.4. The van der Waals surface area contributed by atoms with Crippen molar-refractivity contribution in [3.8, 4) is 5.75 Å². The number of methoxy groups -OCH3 is 1. The zero-order valence-corrected chi connectivity index (χ0v) is 19.8. The fraction of sp³-hybridized carbons (Fsp3) is 0.458. The molecular formula is C24H32N2O5S. The molecule has 1 amide bonds. The fourth-order valence-corrected chi connectivity index (χ4v) is 5.40. The van der Waals surface area contributed by atoms with E-state index in [-0.39, 0.29) is 23.3 Å². The van der Waals surface area contributed by atoms with Crippen LogP contribution in [0.3, 0.4) is 0 Å². The van der Waals surface area contributed by atoms with E-state index in [1.807, 2.05) is 38.1 Å². The number of hydrogen-bond donors (Lipinski definition) is 1. The smallest absolute Gasteiger partial charge is 0.243 e. The minimum Gasteiger partial charge on any atom is -0.496 e. The maximum absolute atomic E-state index is 13.0. The van der Waals surface area contributed by atoms with Crippen molar-refractivity contribution in [1.82, 2.24) is 9.62 Å². The molecular weight excluding hydrogens is 428 g/mol. The van der Waals surface area contributed by atoms with Crippen LogP contribution in [0.1, 0.15) is 42.5 Å². The summed E-state index contributed by atoms with van der Waals surface area (Å²) in [6, 6.07) is 12.8. The fourth-order valence-electron chi connectivity index (χ4n) is 3.94. The molecule has 1 heterocycles. The zero-order chi connectivity index (χ0) is 23.1. The predicted octanol–water partition coefficient (Wildman–Crippen LogP) is 3.22. The number of carbonyl (C=O) groups excluding carboxylic acids is 1. The highest BCUT2D eigenvalue weighted by molar-refractivity contribution is 7.89.